The maximum atomic E-state index is 13.3. The Morgan fingerprint density at radius 2 is 1.88 bits per heavy atom. The number of halogens is 1. The Morgan fingerprint density at radius 3 is 2.42 bits per heavy atom. The zero-order valence-corrected chi connectivity index (χ0v) is 17.6. The van der Waals surface area contributed by atoms with Gasteiger partial charge in [0.2, 0.25) is 0 Å². The van der Waals surface area contributed by atoms with E-state index >= 15 is 0 Å². The average Bonchev–Trinajstić information content (AvgIpc) is 2.92. The van der Waals surface area contributed by atoms with Crippen LogP contribution in [-0.4, -0.2) is 41.0 Å². The van der Waals surface area contributed by atoms with Crippen LogP contribution in [0.1, 0.15) is 16.8 Å². The van der Waals surface area contributed by atoms with Gasteiger partial charge in [0.05, 0.1) is 26.0 Å². The lowest BCUT2D eigenvalue weighted by atomic mass is 10.2. The van der Waals surface area contributed by atoms with Crippen molar-refractivity contribution >= 4 is 31.8 Å². The van der Waals surface area contributed by atoms with Crippen LogP contribution in [0.25, 0.3) is 0 Å². The minimum absolute atomic E-state index is 0.00836. The van der Waals surface area contributed by atoms with Crippen LogP contribution in [0.4, 0.5) is 5.88 Å². The summed E-state index contributed by atoms with van der Waals surface area (Å²) in [5, 5.41) is 3.82. The second-order valence-electron chi connectivity index (χ2n) is 5.51. The monoisotopic (exact) mass is 448 g/mol. The van der Waals surface area contributed by atoms with Gasteiger partial charge in [-0.15, -0.1) is 4.47 Å². The summed E-state index contributed by atoms with van der Waals surface area (Å²) in [7, 11) is -1.17. The van der Waals surface area contributed by atoms with E-state index in [1.165, 1.54) is 20.3 Å². The molecule has 26 heavy (non-hydrogen) atoms. The van der Waals surface area contributed by atoms with Gasteiger partial charge in [0.1, 0.15) is 10.6 Å². The molecular weight excluding hydrogens is 428 g/mol. The predicted octanol–water partition coefficient (Wildman–Crippen LogP) is 3.14. The van der Waals surface area contributed by atoms with E-state index in [1.807, 2.05) is 0 Å². The van der Waals surface area contributed by atoms with Crippen LogP contribution in [0.15, 0.2) is 26.0 Å². The third kappa shape index (κ3) is 4.03. The van der Waals surface area contributed by atoms with E-state index in [0.29, 0.717) is 27.0 Å². The number of rotatable bonds is 8. The number of nitrogens with zero attached hydrogens (tertiary/aromatic N) is 2. The molecule has 0 aliphatic rings. The Hall–Kier alpha value is -1.62. The number of aryl methyl sites for hydroxylation is 2. The number of ether oxygens (including phenoxy) is 2. The zero-order valence-electron chi connectivity index (χ0n) is 15.2. The van der Waals surface area contributed by atoms with Gasteiger partial charge in [0.15, 0.2) is 0 Å². The zero-order chi connectivity index (χ0) is 19.5. The summed E-state index contributed by atoms with van der Waals surface area (Å²) in [4.78, 5) is 5.46. The molecule has 10 heteroatoms. The fourth-order valence-corrected chi connectivity index (χ4v) is 4.39. The molecule has 0 spiro atoms. The molecule has 144 valence electrons. The fourth-order valence-electron chi connectivity index (χ4n) is 2.11. The van der Waals surface area contributed by atoms with Crippen molar-refractivity contribution in [2.24, 2.45) is 0 Å². The van der Waals surface area contributed by atoms with Crippen LogP contribution in [0.3, 0.4) is 0 Å². The molecule has 0 unspecified atom stereocenters. The van der Waals surface area contributed by atoms with Gasteiger partial charge in [0.25, 0.3) is 15.9 Å². The quantitative estimate of drug-likeness (QED) is 0.452. The van der Waals surface area contributed by atoms with Crippen LogP contribution in [0.5, 0.6) is 5.75 Å². The topological polar surface area (TPSA) is 91.1 Å². The third-order valence-electron chi connectivity index (χ3n) is 3.72. The first-order valence-electron chi connectivity index (χ1n) is 7.68. The summed E-state index contributed by atoms with van der Waals surface area (Å²) in [6.45, 7) is 5.40. The van der Waals surface area contributed by atoms with Gasteiger partial charge in [-0.3, -0.25) is 4.84 Å². The van der Waals surface area contributed by atoms with Crippen LogP contribution < -0.4 is 9.21 Å². The maximum Gasteiger partial charge on any atom is 0.290 e. The lowest BCUT2D eigenvalue weighted by Gasteiger charge is -2.22. The first kappa shape index (κ1) is 20.7. The van der Waals surface area contributed by atoms with Crippen molar-refractivity contribution in [2.45, 2.75) is 25.7 Å². The smallest absolute Gasteiger partial charge is 0.290 e. The summed E-state index contributed by atoms with van der Waals surface area (Å²) in [6, 6.07) is 3.14. The Labute approximate surface area is 161 Å². The fraction of sp³-hybridized carbons (Fsp3) is 0.438. The third-order valence-corrected chi connectivity index (χ3v) is 6.62. The molecule has 0 aliphatic carbocycles. The van der Waals surface area contributed by atoms with Gasteiger partial charge < -0.3 is 14.0 Å². The Kier molecular flexibility index (Phi) is 6.67. The van der Waals surface area contributed by atoms with Crippen molar-refractivity contribution in [1.82, 2.24) is 5.16 Å². The number of aromatic nitrogens is 1. The highest BCUT2D eigenvalue weighted by atomic mass is 79.9. The molecule has 0 fully saturated rings. The Morgan fingerprint density at radius 1 is 1.19 bits per heavy atom. The van der Waals surface area contributed by atoms with E-state index in [-0.39, 0.29) is 24.0 Å². The molecule has 0 amide bonds. The van der Waals surface area contributed by atoms with Crippen molar-refractivity contribution in [1.29, 1.82) is 0 Å². The molecule has 1 aromatic heterocycles. The van der Waals surface area contributed by atoms with E-state index in [4.69, 9.17) is 18.8 Å². The van der Waals surface area contributed by atoms with E-state index in [0.717, 1.165) is 4.47 Å². The van der Waals surface area contributed by atoms with Crippen LogP contribution in [-0.2, 0) is 19.6 Å². The van der Waals surface area contributed by atoms with Gasteiger partial charge in [-0.05, 0) is 48.3 Å². The number of benzene rings is 1. The number of anilines is 1. The van der Waals surface area contributed by atoms with Crippen LogP contribution in [0.2, 0.25) is 0 Å². The summed E-state index contributed by atoms with van der Waals surface area (Å²) in [5.74, 6) is 0.401. The normalized spacial score (nSPS) is 11.6. The lowest BCUT2D eigenvalue weighted by molar-refractivity contribution is 0.0726. The largest absolute Gasteiger partial charge is 0.497 e. The van der Waals surface area contributed by atoms with Crippen molar-refractivity contribution < 1.29 is 27.3 Å². The van der Waals surface area contributed by atoms with Gasteiger partial charge >= 0.3 is 0 Å². The molecule has 0 N–H and O–H groups in total. The van der Waals surface area contributed by atoms with Gasteiger partial charge in [-0.1, -0.05) is 5.16 Å². The highest BCUT2D eigenvalue weighted by Gasteiger charge is 2.34. The van der Waals surface area contributed by atoms with Crippen molar-refractivity contribution in [2.75, 3.05) is 31.9 Å². The second-order valence-corrected chi connectivity index (χ2v) is 8.03. The molecule has 2 aromatic rings. The molecule has 1 aromatic carbocycles. The molecular formula is C16H21BrN2O6S. The van der Waals surface area contributed by atoms with Crippen LogP contribution in [0, 0.1) is 20.8 Å². The van der Waals surface area contributed by atoms with Crippen molar-refractivity contribution in [3.63, 3.8) is 0 Å². The highest BCUT2D eigenvalue weighted by Crippen LogP contribution is 2.35. The van der Waals surface area contributed by atoms with E-state index in [1.54, 1.807) is 26.8 Å². The molecule has 0 saturated carbocycles. The Bertz CT molecular complexity index is 881. The molecule has 1 heterocycles. The van der Waals surface area contributed by atoms with E-state index < -0.39 is 10.0 Å². The van der Waals surface area contributed by atoms with Crippen LogP contribution >= 0.6 is 15.9 Å². The summed E-state index contributed by atoms with van der Waals surface area (Å²) >= 11 is 3.34. The first-order chi connectivity index (χ1) is 12.2. The van der Waals surface area contributed by atoms with Gasteiger partial charge in [0, 0.05) is 23.2 Å². The summed E-state index contributed by atoms with van der Waals surface area (Å²) < 4.78 is 43.1. The first-order valence-corrected chi connectivity index (χ1v) is 9.91. The number of hydrogen-bond donors (Lipinski definition) is 0. The second kappa shape index (κ2) is 8.38. The Balaban J connectivity index is 2.59. The molecule has 2 rings (SSSR count). The number of hydrogen-bond acceptors (Lipinski definition) is 7. The SMILES string of the molecule is COCCON(c1onc(C)c1C)S(=O)(=O)c1cc(OC)cc(C)c1Br. The molecule has 0 radical (unpaired) electrons. The van der Waals surface area contributed by atoms with Gasteiger partial charge in [-0.2, -0.15) is 8.42 Å². The van der Waals surface area contributed by atoms with Crippen molar-refractivity contribution in [3.05, 3.63) is 33.4 Å². The average molecular weight is 449 g/mol. The lowest BCUT2D eigenvalue weighted by Crippen LogP contribution is -2.33. The standard InChI is InChI=1S/C16H21BrN2O6S/c1-10-8-13(23-5)9-14(15(10)17)26(20,21)19(24-7-6-22-4)16-11(2)12(3)18-25-16/h8-9H,6-7H2,1-5H3. The van der Waals surface area contributed by atoms with E-state index in [2.05, 4.69) is 21.1 Å². The molecule has 0 atom stereocenters. The minimum Gasteiger partial charge on any atom is -0.497 e. The molecule has 0 bridgehead atoms. The summed E-state index contributed by atoms with van der Waals surface area (Å²) in [5.41, 5.74) is 1.82. The highest BCUT2D eigenvalue weighted by molar-refractivity contribution is 9.10. The predicted molar refractivity (Wildman–Crippen MR) is 98.9 cm³/mol. The maximum absolute atomic E-state index is 13.3. The van der Waals surface area contributed by atoms with Crippen molar-refractivity contribution in [3.8, 4) is 5.75 Å². The number of methoxy groups -OCH3 is 2. The minimum atomic E-state index is -4.13. The molecule has 0 aliphatic heterocycles. The van der Waals surface area contributed by atoms with Gasteiger partial charge in [-0.25, -0.2) is 0 Å². The molecule has 8 nitrogen and oxygen atoms in total. The summed E-state index contributed by atoms with van der Waals surface area (Å²) in [6.07, 6.45) is 0. The number of sulfonamides is 1. The van der Waals surface area contributed by atoms with E-state index in [9.17, 15) is 8.42 Å². The molecule has 0 saturated heterocycles.